The Morgan fingerprint density at radius 1 is 1.31 bits per heavy atom. The summed E-state index contributed by atoms with van der Waals surface area (Å²) in [4.78, 5) is 24.1. The molecule has 3 rings (SSSR count). The van der Waals surface area contributed by atoms with Gasteiger partial charge in [-0.05, 0) is 43.7 Å². The highest BCUT2D eigenvalue weighted by Crippen LogP contribution is 2.30. The maximum absolute atomic E-state index is 14.4. The minimum atomic E-state index is -1.09. The number of para-hydroxylation sites is 1. The second kappa shape index (κ2) is 6.90. The van der Waals surface area contributed by atoms with Gasteiger partial charge < -0.3 is 10.4 Å². The molecule has 1 heterocycles. The van der Waals surface area contributed by atoms with Crippen molar-refractivity contribution in [3.8, 4) is 5.69 Å². The summed E-state index contributed by atoms with van der Waals surface area (Å²) in [7, 11) is 0. The highest BCUT2D eigenvalue weighted by atomic mass is 19.1. The van der Waals surface area contributed by atoms with Crippen LogP contribution in [0.4, 0.5) is 4.39 Å². The van der Waals surface area contributed by atoms with Crippen molar-refractivity contribution in [2.24, 2.45) is 5.92 Å². The second-order valence-corrected chi connectivity index (χ2v) is 6.98. The van der Waals surface area contributed by atoms with Crippen molar-refractivity contribution in [3.63, 3.8) is 0 Å². The number of halogens is 1. The van der Waals surface area contributed by atoms with Crippen LogP contribution in [0.25, 0.3) is 5.69 Å². The molecule has 0 fully saturated rings. The van der Waals surface area contributed by atoms with Gasteiger partial charge in [-0.1, -0.05) is 26.0 Å². The van der Waals surface area contributed by atoms with Crippen molar-refractivity contribution in [2.75, 3.05) is 0 Å². The second-order valence-electron chi connectivity index (χ2n) is 6.98. The first kappa shape index (κ1) is 18.1. The fraction of sp³-hybridized carbons (Fsp3) is 0.421. The van der Waals surface area contributed by atoms with E-state index in [4.69, 9.17) is 0 Å². The Hall–Kier alpha value is -2.70. The summed E-state index contributed by atoms with van der Waals surface area (Å²) in [6.07, 6.45) is 2.23. The summed E-state index contributed by atoms with van der Waals surface area (Å²) in [5.41, 5.74) is 2.84. The van der Waals surface area contributed by atoms with E-state index in [1.807, 2.05) is 0 Å². The molecule has 0 unspecified atom stereocenters. The molecule has 2 aromatic rings. The Bertz CT molecular complexity index is 853. The summed E-state index contributed by atoms with van der Waals surface area (Å²) in [6.45, 7) is 5.25. The van der Waals surface area contributed by atoms with E-state index in [2.05, 4.69) is 10.4 Å². The number of carbonyl (C=O) groups is 2. The zero-order valence-corrected chi connectivity index (χ0v) is 15.0. The first-order valence-corrected chi connectivity index (χ1v) is 8.71. The number of amides is 1. The Morgan fingerprint density at radius 3 is 2.65 bits per heavy atom. The smallest absolute Gasteiger partial charge is 0.326 e. The Balaban J connectivity index is 2.03. The van der Waals surface area contributed by atoms with Gasteiger partial charge in [-0.25, -0.2) is 13.9 Å². The monoisotopic (exact) mass is 359 g/mol. The number of aliphatic carboxylic acids is 1. The molecule has 138 valence electrons. The minimum absolute atomic E-state index is 0.187. The lowest BCUT2D eigenvalue weighted by atomic mass is 10.0. The van der Waals surface area contributed by atoms with Crippen molar-refractivity contribution >= 4 is 11.9 Å². The average Bonchev–Trinajstić information content (AvgIpc) is 3.15. The molecule has 0 spiro atoms. The molecule has 7 heteroatoms. The molecule has 0 bridgehead atoms. The number of rotatable bonds is 5. The highest BCUT2D eigenvalue weighted by molar-refractivity contribution is 5.96. The molecule has 2 N–H and O–H groups in total. The van der Waals surface area contributed by atoms with Gasteiger partial charge in [0.25, 0.3) is 5.91 Å². The maximum Gasteiger partial charge on any atom is 0.326 e. The lowest BCUT2D eigenvalue weighted by molar-refractivity contribution is -0.140. The quantitative estimate of drug-likeness (QED) is 0.860. The van der Waals surface area contributed by atoms with Crippen molar-refractivity contribution in [2.45, 2.75) is 46.1 Å². The van der Waals surface area contributed by atoms with E-state index in [0.29, 0.717) is 18.5 Å². The summed E-state index contributed by atoms with van der Waals surface area (Å²) in [6, 6.07) is 3.79. The molecule has 1 amide bonds. The first-order chi connectivity index (χ1) is 12.3. The molecule has 0 aliphatic heterocycles. The fourth-order valence-electron chi connectivity index (χ4n) is 3.42. The molecular formula is C19H22FN3O3. The standard InChI is InChI=1S/C19H22FN3O3/c1-10(2)15(19(25)26)21-18(24)16-12-7-5-9-14(12)23(22-16)17-11(3)6-4-8-13(17)20/h4,6,8,10,15H,5,7,9H2,1-3H3,(H,21,24)(H,25,26)/t15-/m0/s1. The van der Waals surface area contributed by atoms with Crippen LogP contribution >= 0.6 is 0 Å². The van der Waals surface area contributed by atoms with Gasteiger partial charge in [-0.2, -0.15) is 5.10 Å². The number of nitrogens with zero attached hydrogens (tertiary/aromatic N) is 2. The predicted molar refractivity (Wildman–Crippen MR) is 94.0 cm³/mol. The number of nitrogens with one attached hydrogen (secondary N) is 1. The third kappa shape index (κ3) is 3.09. The number of fused-ring (bicyclic) bond motifs is 1. The van der Waals surface area contributed by atoms with Gasteiger partial charge in [0.2, 0.25) is 0 Å². The lowest BCUT2D eigenvalue weighted by Gasteiger charge is -2.17. The predicted octanol–water partition coefficient (Wildman–Crippen LogP) is 2.65. The van der Waals surface area contributed by atoms with E-state index in [9.17, 15) is 19.1 Å². The van der Waals surface area contributed by atoms with Crippen LogP contribution in [0, 0.1) is 18.7 Å². The van der Waals surface area contributed by atoms with E-state index in [1.54, 1.807) is 32.9 Å². The molecule has 6 nitrogen and oxygen atoms in total. The molecule has 26 heavy (non-hydrogen) atoms. The zero-order valence-electron chi connectivity index (χ0n) is 15.0. The maximum atomic E-state index is 14.4. The van der Waals surface area contributed by atoms with Crippen LogP contribution in [-0.2, 0) is 17.6 Å². The lowest BCUT2D eigenvalue weighted by Crippen LogP contribution is -2.44. The fourth-order valence-corrected chi connectivity index (χ4v) is 3.42. The van der Waals surface area contributed by atoms with Crippen LogP contribution in [0.2, 0.25) is 0 Å². The van der Waals surface area contributed by atoms with Gasteiger partial charge in [-0.3, -0.25) is 4.79 Å². The van der Waals surface area contributed by atoms with E-state index >= 15 is 0 Å². The third-order valence-corrected chi connectivity index (χ3v) is 4.76. The summed E-state index contributed by atoms with van der Waals surface area (Å²) in [5.74, 6) is -2.29. The SMILES string of the molecule is Cc1cccc(F)c1-n1nc(C(=O)N[C@H](C(=O)O)C(C)C)c2c1CCC2. The van der Waals surface area contributed by atoms with E-state index in [1.165, 1.54) is 10.7 Å². The third-order valence-electron chi connectivity index (χ3n) is 4.76. The number of carboxylic acids is 1. The number of aryl methyl sites for hydroxylation is 1. The molecule has 0 saturated carbocycles. The van der Waals surface area contributed by atoms with E-state index in [-0.39, 0.29) is 11.6 Å². The molecule has 0 radical (unpaired) electrons. The van der Waals surface area contributed by atoms with Gasteiger partial charge in [0.1, 0.15) is 17.5 Å². The van der Waals surface area contributed by atoms with Crippen molar-refractivity contribution in [3.05, 3.63) is 46.5 Å². The van der Waals surface area contributed by atoms with Crippen molar-refractivity contribution in [1.82, 2.24) is 15.1 Å². The first-order valence-electron chi connectivity index (χ1n) is 8.71. The van der Waals surface area contributed by atoms with Crippen LogP contribution in [0.1, 0.15) is 47.6 Å². The molecule has 1 aliphatic rings. The largest absolute Gasteiger partial charge is 0.480 e. The molecule has 1 aliphatic carbocycles. The molecule has 0 saturated heterocycles. The Kier molecular flexibility index (Phi) is 4.80. The van der Waals surface area contributed by atoms with Gasteiger partial charge in [0.05, 0.1) is 0 Å². The van der Waals surface area contributed by atoms with Gasteiger partial charge in [-0.15, -0.1) is 0 Å². The van der Waals surface area contributed by atoms with E-state index < -0.39 is 23.7 Å². The minimum Gasteiger partial charge on any atom is -0.480 e. The topological polar surface area (TPSA) is 84.2 Å². The summed E-state index contributed by atoms with van der Waals surface area (Å²) < 4.78 is 15.9. The van der Waals surface area contributed by atoms with Crippen LogP contribution in [0.3, 0.4) is 0 Å². The molecule has 1 aromatic carbocycles. The van der Waals surface area contributed by atoms with Gasteiger partial charge in [0.15, 0.2) is 5.69 Å². The zero-order chi connectivity index (χ0) is 19.0. The van der Waals surface area contributed by atoms with Crippen LogP contribution in [-0.4, -0.2) is 32.8 Å². The van der Waals surface area contributed by atoms with Gasteiger partial charge >= 0.3 is 5.97 Å². The average molecular weight is 359 g/mol. The summed E-state index contributed by atoms with van der Waals surface area (Å²) >= 11 is 0. The normalized spacial score (nSPS) is 14.3. The number of benzene rings is 1. The molecule has 1 aromatic heterocycles. The van der Waals surface area contributed by atoms with Crippen LogP contribution in [0.5, 0.6) is 0 Å². The molecular weight excluding hydrogens is 337 g/mol. The number of carboxylic acid groups (broad SMARTS) is 1. The van der Waals surface area contributed by atoms with E-state index in [0.717, 1.165) is 23.2 Å². The molecule has 1 atom stereocenters. The van der Waals surface area contributed by atoms with Crippen molar-refractivity contribution < 1.29 is 19.1 Å². The van der Waals surface area contributed by atoms with Gasteiger partial charge in [0, 0.05) is 11.3 Å². The van der Waals surface area contributed by atoms with Crippen LogP contribution in [0.15, 0.2) is 18.2 Å². The highest BCUT2D eigenvalue weighted by Gasteiger charge is 2.31. The van der Waals surface area contributed by atoms with Crippen molar-refractivity contribution in [1.29, 1.82) is 0 Å². The Morgan fingerprint density at radius 2 is 2.04 bits per heavy atom. The summed E-state index contributed by atoms with van der Waals surface area (Å²) in [5, 5.41) is 16.2. The number of hydrogen-bond donors (Lipinski definition) is 2. The number of carbonyl (C=O) groups excluding carboxylic acids is 1. The Labute approximate surface area is 151 Å². The van der Waals surface area contributed by atoms with Crippen LogP contribution < -0.4 is 5.32 Å². The number of aromatic nitrogens is 2. The number of hydrogen-bond acceptors (Lipinski definition) is 3.